The molecule has 0 bridgehead atoms. The number of amides is 3. The second-order valence-corrected chi connectivity index (χ2v) is 7.54. The molecule has 1 aliphatic carbocycles. The first-order chi connectivity index (χ1) is 11.3. The molecule has 1 fully saturated rings. The van der Waals surface area contributed by atoms with Crippen LogP contribution in [-0.2, 0) is 10.2 Å². The summed E-state index contributed by atoms with van der Waals surface area (Å²) in [4.78, 5) is 23.8. The summed E-state index contributed by atoms with van der Waals surface area (Å²) in [5.74, 6) is -0.225. The molecule has 1 aromatic carbocycles. The summed E-state index contributed by atoms with van der Waals surface area (Å²) in [6.07, 6.45) is 5.63. The lowest BCUT2D eigenvalue weighted by atomic mass is 9.87. The van der Waals surface area contributed by atoms with Crippen LogP contribution in [0.5, 0.6) is 0 Å². The summed E-state index contributed by atoms with van der Waals surface area (Å²) < 4.78 is 0. The summed E-state index contributed by atoms with van der Waals surface area (Å²) in [7, 11) is 0. The van der Waals surface area contributed by atoms with Gasteiger partial charge in [0.05, 0.1) is 6.54 Å². The lowest BCUT2D eigenvalue weighted by Crippen LogP contribution is -2.45. The van der Waals surface area contributed by atoms with E-state index in [1.54, 1.807) is 0 Å². The van der Waals surface area contributed by atoms with Crippen molar-refractivity contribution in [1.82, 2.24) is 10.6 Å². The molecule has 0 saturated heterocycles. The summed E-state index contributed by atoms with van der Waals surface area (Å²) in [6.45, 7) is 6.42. The van der Waals surface area contributed by atoms with Crippen LogP contribution in [0.15, 0.2) is 24.3 Å². The number of urea groups is 1. The fourth-order valence-corrected chi connectivity index (χ4v) is 2.90. The molecule has 1 aromatic rings. The average Bonchev–Trinajstić information content (AvgIpc) is 2.53. The first-order valence-corrected chi connectivity index (χ1v) is 8.79. The predicted molar refractivity (Wildman–Crippen MR) is 97.2 cm³/mol. The van der Waals surface area contributed by atoms with E-state index in [1.165, 1.54) is 12.0 Å². The topological polar surface area (TPSA) is 70.2 Å². The third-order valence-corrected chi connectivity index (χ3v) is 4.38. The van der Waals surface area contributed by atoms with E-state index < -0.39 is 0 Å². The number of benzene rings is 1. The molecule has 0 unspecified atom stereocenters. The molecule has 5 heteroatoms. The van der Waals surface area contributed by atoms with E-state index in [4.69, 9.17) is 0 Å². The molecule has 0 atom stereocenters. The number of carbonyl (C=O) groups is 2. The summed E-state index contributed by atoms with van der Waals surface area (Å²) in [5, 5.41) is 8.35. The number of nitrogens with one attached hydrogen (secondary N) is 3. The SMILES string of the molecule is CC(C)(C)c1ccc(NC(=O)CNC(=O)NC2CCCCC2)cc1. The second kappa shape index (κ2) is 8.18. The average molecular weight is 331 g/mol. The Kier molecular flexibility index (Phi) is 6.23. The van der Waals surface area contributed by atoms with Crippen molar-refractivity contribution in [3.05, 3.63) is 29.8 Å². The van der Waals surface area contributed by atoms with Crippen molar-refractivity contribution >= 4 is 17.6 Å². The summed E-state index contributed by atoms with van der Waals surface area (Å²) in [5.41, 5.74) is 2.04. The Morgan fingerprint density at radius 2 is 1.67 bits per heavy atom. The molecule has 3 amide bonds. The Labute approximate surface area is 144 Å². The minimum absolute atomic E-state index is 0.0282. The summed E-state index contributed by atoms with van der Waals surface area (Å²) in [6, 6.07) is 7.78. The largest absolute Gasteiger partial charge is 0.335 e. The molecule has 0 aromatic heterocycles. The monoisotopic (exact) mass is 331 g/mol. The molecular formula is C19H29N3O2. The van der Waals surface area contributed by atoms with Crippen molar-refractivity contribution < 1.29 is 9.59 Å². The fraction of sp³-hybridized carbons (Fsp3) is 0.579. The van der Waals surface area contributed by atoms with Crippen LogP contribution in [0.25, 0.3) is 0 Å². The molecule has 1 saturated carbocycles. The fourth-order valence-electron chi connectivity index (χ4n) is 2.90. The molecule has 0 heterocycles. The Bertz CT molecular complexity index is 555. The Morgan fingerprint density at radius 3 is 2.25 bits per heavy atom. The highest BCUT2D eigenvalue weighted by atomic mass is 16.2. The van der Waals surface area contributed by atoms with Crippen LogP contribution in [0.4, 0.5) is 10.5 Å². The first-order valence-electron chi connectivity index (χ1n) is 8.79. The van der Waals surface area contributed by atoms with Crippen LogP contribution in [0.2, 0.25) is 0 Å². The van der Waals surface area contributed by atoms with Gasteiger partial charge in [-0.05, 0) is 36.0 Å². The lowest BCUT2D eigenvalue weighted by molar-refractivity contribution is -0.115. The third-order valence-electron chi connectivity index (χ3n) is 4.38. The Balaban J connectivity index is 1.73. The van der Waals surface area contributed by atoms with Crippen molar-refractivity contribution in [3.8, 4) is 0 Å². The normalized spacial score (nSPS) is 15.6. The van der Waals surface area contributed by atoms with Gasteiger partial charge in [0.25, 0.3) is 0 Å². The van der Waals surface area contributed by atoms with E-state index in [9.17, 15) is 9.59 Å². The molecule has 3 N–H and O–H groups in total. The van der Waals surface area contributed by atoms with E-state index in [1.807, 2.05) is 24.3 Å². The van der Waals surface area contributed by atoms with Crippen molar-refractivity contribution in [1.29, 1.82) is 0 Å². The van der Waals surface area contributed by atoms with Crippen LogP contribution >= 0.6 is 0 Å². The second-order valence-electron chi connectivity index (χ2n) is 7.54. The zero-order valence-corrected chi connectivity index (χ0v) is 14.9. The number of carbonyl (C=O) groups excluding carboxylic acids is 2. The molecule has 1 aliphatic rings. The van der Waals surface area contributed by atoms with Crippen molar-refractivity contribution in [3.63, 3.8) is 0 Å². The van der Waals surface area contributed by atoms with Gasteiger partial charge in [-0.15, -0.1) is 0 Å². The van der Waals surface area contributed by atoms with E-state index in [-0.39, 0.29) is 29.9 Å². The van der Waals surface area contributed by atoms with Crippen LogP contribution in [0.1, 0.15) is 58.4 Å². The molecule has 2 rings (SSSR count). The minimum atomic E-state index is -0.264. The van der Waals surface area contributed by atoms with Gasteiger partial charge in [-0.1, -0.05) is 52.2 Å². The highest BCUT2D eigenvalue weighted by Crippen LogP contribution is 2.23. The van der Waals surface area contributed by atoms with E-state index in [2.05, 4.69) is 36.7 Å². The van der Waals surface area contributed by atoms with Crippen LogP contribution in [-0.4, -0.2) is 24.5 Å². The van der Waals surface area contributed by atoms with Gasteiger partial charge in [-0.2, -0.15) is 0 Å². The van der Waals surface area contributed by atoms with E-state index in [0.29, 0.717) is 0 Å². The maximum atomic E-state index is 11.9. The Hall–Kier alpha value is -2.04. The van der Waals surface area contributed by atoms with Crippen molar-refractivity contribution in [2.24, 2.45) is 0 Å². The zero-order chi connectivity index (χ0) is 17.6. The highest BCUT2D eigenvalue weighted by molar-refractivity contribution is 5.94. The molecular weight excluding hydrogens is 302 g/mol. The minimum Gasteiger partial charge on any atom is -0.335 e. The van der Waals surface area contributed by atoms with Gasteiger partial charge in [0.2, 0.25) is 5.91 Å². The Morgan fingerprint density at radius 1 is 1.04 bits per heavy atom. The number of hydrogen-bond donors (Lipinski definition) is 3. The zero-order valence-electron chi connectivity index (χ0n) is 14.9. The number of hydrogen-bond acceptors (Lipinski definition) is 2. The maximum absolute atomic E-state index is 11.9. The molecule has 5 nitrogen and oxygen atoms in total. The van der Waals surface area contributed by atoms with Gasteiger partial charge in [0, 0.05) is 11.7 Å². The van der Waals surface area contributed by atoms with Gasteiger partial charge < -0.3 is 16.0 Å². The van der Waals surface area contributed by atoms with Gasteiger partial charge in [0.1, 0.15) is 0 Å². The number of rotatable bonds is 4. The van der Waals surface area contributed by atoms with Gasteiger partial charge >= 0.3 is 6.03 Å². The van der Waals surface area contributed by atoms with Crippen LogP contribution in [0, 0.1) is 0 Å². The van der Waals surface area contributed by atoms with E-state index in [0.717, 1.165) is 31.4 Å². The van der Waals surface area contributed by atoms with Crippen molar-refractivity contribution in [2.45, 2.75) is 64.3 Å². The quantitative estimate of drug-likeness (QED) is 0.789. The lowest BCUT2D eigenvalue weighted by Gasteiger charge is -2.22. The predicted octanol–water partition coefficient (Wildman–Crippen LogP) is 3.55. The number of anilines is 1. The van der Waals surface area contributed by atoms with Crippen molar-refractivity contribution in [2.75, 3.05) is 11.9 Å². The standard InChI is InChI=1S/C19H29N3O2/c1-19(2,3)14-9-11-16(12-10-14)21-17(23)13-20-18(24)22-15-7-5-4-6-8-15/h9-12,15H,4-8,13H2,1-3H3,(H,21,23)(H2,20,22,24). The molecule has 0 spiro atoms. The molecule has 24 heavy (non-hydrogen) atoms. The third kappa shape index (κ3) is 5.87. The first kappa shape index (κ1) is 18.3. The summed E-state index contributed by atoms with van der Waals surface area (Å²) >= 11 is 0. The van der Waals surface area contributed by atoms with Gasteiger partial charge in [-0.25, -0.2) is 4.79 Å². The highest BCUT2D eigenvalue weighted by Gasteiger charge is 2.16. The molecule has 0 aliphatic heterocycles. The van der Waals surface area contributed by atoms with Crippen LogP contribution in [0.3, 0.4) is 0 Å². The smallest absolute Gasteiger partial charge is 0.315 e. The van der Waals surface area contributed by atoms with E-state index >= 15 is 0 Å². The van der Waals surface area contributed by atoms with Gasteiger partial charge in [0.15, 0.2) is 0 Å². The van der Waals surface area contributed by atoms with Crippen LogP contribution < -0.4 is 16.0 Å². The maximum Gasteiger partial charge on any atom is 0.315 e. The molecule has 132 valence electrons. The van der Waals surface area contributed by atoms with Gasteiger partial charge in [-0.3, -0.25) is 4.79 Å². The molecule has 0 radical (unpaired) electrons.